The fraction of sp³-hybridized carbons (Fsp3) is 0.206. The van der Waals surface area contributed by atoms with Crippen molar-refractivity contribution < 1.29 is 13.6 Å². The average molecular weight is 614 g/mol. The molecule has 0 saturated carbocycles. The highest BCUT2D eigenvalue weighted by Gasteiger charge is 2.16. The molecule has 5 aromatic rings. The maximum atomic E-state index is 13.6. The number of rotatable bonds is 11. The zero-order valence-electron chi connectivity index (χ0n) is 24.3. The molecule has 0 atom stereocenters. The van der Waals surface area contributed by atoms with Crippen molar-refractivity contribution in [2.45, 2.75) is 32.4 Å². The van der Waals surface area contributed by atoms with Gasteiger partial charge < -0.3 is 9.47 Å². The van der Waals surface area contributed by atoms with Crippen LogP contribution in [-0.2, 0) is 19.5 Å². The molecule has 0 N–H and O–H groups in total. The van der Waals surface area contributed by atoms with Gasteiger partial charge in [-0.1, -0.05) is 60.2 Å². The average Bonchev–Trinajstić information content (AvgIpc) is 2.99. The summed E-state index contributed by atoms with van der Waals surface area (Å²) in [5, 5.41) is 0.851. The lowest BCUT2D eigenvalue weighted by molar-refractivity contribution is 0.0976. The predicted octanol–water partition coefficient (Wildman–Crippen LogP) is 6.50. The third kappa shape index (κ3) is 7.86. The highest BCUT2D eigenvalue weighted by molar-refractivity contribution is 6.29. The first kappa shape index (κ1) is 30.8. The van der Waals surface area contributed by atoms with Gasteiger partial charge in [-0.25, -0.2) is 23.7 Å². The van der Waals surface area contributed by atoms with Gasteiger partial charge in [-0.15, -0.1) is 0 Å². The number of carbonyl (C=O) groups excluding carboxylic acids is 1. The molecule has 3 aromatic carbocycles. The summed E-state index contributed by atoms with van der Waals surface area (Å²) in [5.74, 6) is -1.73. The SMILES string of the molecule is CN(C)Cc1ccc(Cc2ncc3cc(/C=C/CCC(=O)c4nc(Cl)cn(Cc5ccc(F)c(F)c5)c4=O)ccc3n2)cc1. The van der Waals surface area contributed by atoms with Crippen LogP contribution in [0.2, 0.25) is 5.15 Å². The topological polar surface area (TPSA) is 81.0 Å². The van der Waals surface area contributed by atoms with Crippen molar-refractivity contribution >= 4 is 34.4 Å². The molecule has 0 radical (unpaired) electrons. The maximum Gasteiger partial charge on any atom is 0.280 e. The van der Waals surface area contributed by atoms with E-state index in [4.69, 9.17) is 16.6 Å². The molecule has 44 heavy (non-hydrogen) atoms. The number of Topliss-reactive ketones (excluding diaryl/α,β-unsaturated/α-hetero) is 1. The Morgan fingerprint density at radius 3 is 2.45 bits per heavy atom. The van der Waals surface area contributed by atoms with E-state index in [2.05, 4.69) is 39.1 Å². The van der Waals surface area contributed by atoms with Crippen LogP contribution in [-0.4, -0.2) is 44.3 Å². The van der Waals surface area contributed by atoms with Crippen molar-refractivity contribution in [3.8, 4) is 0 Å². The quantitative estimate of drug-likeness (QED) is 0.158. The van der Waals surface area contributed by atoms with E-state index in [0.717, 1.165) is 51.1 Å². The Kier molecular flexibility index (Phi) is 9.67. The first-order valence-corrected chi connectivity index (χ1v) is 14.4. The van der Waals surface area contributed by atoms with Gasteiger partial charge in [-0.3, -0.25) is 9.59 Å². The van der Waals surface area contributed by atoms with Crippen molar-refractivity contribution in [2.75, 3.05) is 14.1 Å². The van der Waals surface area contributed by atoms with Gasteiger partial charge >= 0.3 is 0 Å². The molecule has 0 aliphatic carbocycles. The number of ketones is 1. The second kappa shape index (κ2) is 13.8. The van der Waals surface area contributed by atoms with E-state index >= 15 is 0 Å². The first-order chi connectivity index (χ1) is 21.1. The minimum atomic E-state index is -1.03. The number of fused-ring (bicyclic) bond motifs is 1. The third-order valence-electron chi connectivity index (χ3n) is 6.93. The number of aromatic nitrogens is 4. The molecule has 2 aromatic heterocycles. The second-order valence-corrected chi connectivity index (χ2v) is 11.2. The van der Waals surface area contributed by atoms with Gasteiger partial charge in [0.25, 0.3) is 5.56 Å². The summed E-state index contributed by atoms with van der Waals surface area (Å²) in [4.78, 5) is 41.1. The number of hydrogen-bond acceptors (Lipinski definition) is 6. The van der Waals surface area contributed by atoms with Crippen LogP contribution < -0.4 is 5.56 Å². The Labute approximate surface area is 258 Å². The molecule has 0 fully saturated rings. The summed E-state index contributed by atoms with van der Waals surface area (Å²) < 4.78 is 28.0. The number of hydrogen-bond donors (Lipinski definition) is 0. The van der Waals surface area contributed by atoms with E-state index in [1.807, 2.05) is 50.6 Å². The number of allylic oxidation sites excluding steroid dienone is 1. The molecule has 0 saturated heterocycles. The monoisotopic (exact) mass is 613 g/mol. The Bertz CT molecular complexity index is 1910. The fourth-order valence-corrected chi connectivity index (χ4v) is 4.98. The molecule has 7 nitrogen and oxygen atoms in total. The van der Waals surface area contributed by atoms with E-state index in [-0.39, 0.29) is 23.8 Å². The van der Waals surface area contributed by atoms with Crippen LogP contribution in [0.1, 0.15) is 51.4 Å². The lowest BCUT2D eigenvalue weighted by Gasteiger charge is -2.10. The minimum absolute atomic E-state index is 0.0421. The molecule has 2 heterocycles. The summed E-state index contributed by atoms with van der Waals surface area (Å²) in [6.07, 6.45) is 7.87. The van der Waals surface area contributed by atoms with Gasteiger partial charge in [0.05, 0.1) is 12.1 Å². The Morgan fingerprint density at radius 1 is 0.955 bits per heavy atom. The van der Waals surface area contributed by atoms with Crippen molar-refractivity contribution in [3.63, 3.8) is 0 Å². The Balaban J connectivity index is 1.20. The molecule has 0 unspecified atom stereocenters. The summed E-state index contributed by atoms with van der Waals surface area (Å²) in [5.41, 5.74) is 3.57. The van der Waals surface area contributed by atoms with E-state index in [9.17, 15) is 18.4 Å². The maximum absolute atomic E-state index is 13.6. The summed E-state index contributed by atoms with van der Waals surface area (Å²) in [6, 6.07) is 17.7. The molecule has 10 heteroatoms. The van der Waals surface area contributed by atoms with E-state index < -0.39 is 23.0 Å². The predicted molar refractivity (Wildman–Crippen MR) is 168 cm³/mol. The lowest BCUT2D eigenvalue weighted by Crippen LogP contribution is -2.28. The zero-order valence-corrected chi connectivity index (χ0v) is 25.1. The first-order valence-electron chi connectivity index (χ1n) is 14.0. The standard InChI is InChI=1S/C34H30ClF2N5O2/c1-41(2)19-24-9-7-23(8-10-24)17-32-38-18-26-15-22(12-14-29(26)39-32)5-3-4-6-30(43)33-34(44)42(21-31(35)40-33)20-25-11-13-27(36)28(37)16-25/h3,5,7-16,18,21H,4,6,17,19-20H2,1-2H3/b5-3+. The van der Waals surface area contributed by atoms with Crippen molar-refractivity contribution in [1.82, 2.24) is 24.4 Å². The Hall–Kier alpha value is -4.60. The molecular weight excluding hydrogens is 584 g/mol. The smallest absolute Gasteiger partial charge is 0.280 e. The summed E-state index contributed by atoms with van der Waals surface area (Å²) in [6.45, 7) is 0.805. The molecular formula is C34H30ClF2N5O2. The van der Waals surface area contributed by atoms with E-state index in [1.54, 1.807) is 0 Å². The van der Waals surface area contributed by atoms with Gasteiger partial charge in [0.15, 0.2) is 23.1 Å². The zero-order chi connectivity index (χ0) is 31.2. The molecule has 0 bridgehead atoms. The van der Waals surface area contributed by atoms with E-state index in [1.165, 1.54) is 17.8 Å². The van der Waals surface area contributed by atoms with Gasteiger partial charge in [-0.2, -0.15) is 0 Å². The second-order valence-electron chi connectivity index (χ2n) is 10.8. The van der Waals surface area contributed by atoms with Gasteiger partial charge in [0, 0.05) is 37.2 Å². The van der Waals surface area contributed by atoms with Gasteiger partial charge in [0.2, 0.25) is 0 Å². The van der Waals surface area contributed by atoms with Crippen LogP contribution in [0, 0.1) is 11.6 Å². The number of benzene rings is 3. The number of carbonyl (C=O) groups is 1. The van der Waals surface area contributed by atoms with Crippen molar-refractivity contribution in [3.05, 3.63) is 140 Å². The number of halogens is 3. The molecule has 0 aliphatic rings. The lowest BCUT2D eigenvalue weighted by atomic mass is 10.1. The molecule has 0 aliphatic heterocycles. The van der Waals surface area contributed by atoms with Crippen LogP contribution in [0.4, 0.5) is 8.78 Å². The number of nitrogens with zero attached hydrogens (tertiary/aromatic N) is 5. The van der Waals surface area contributed by atoms with E-state index in [0.29, 0.717) is 18.4 Å². The van der Waals surface area contributed by atoms with Crippen LogP contribution in [0.15, 0.2) is 83.9 Å². The highest BCUT2D eigenvalue weighted by atomic mass is 35.5. The molecule has 0 spiro atoms. The van der Waals surface area contributed by atoms with Crippen LogP contribution in [0.25, 0.3) is 17.0 Å². The highest BCUT2D eigenvalue weighted by Crippen LogP contribution is 2.17. The van der Waals surface area contributed by atoms with Crippen LogP contribution >= 0.6 is 11.6 Å². The summed E-state index contributed by atoms with van der Waals surface area (Å²) in [7, 11) is 4.09. The normalized spacial score (nSPS) is 11.6. The minimum Gasteiger partial charge on any atom is -0.306 e. The summed E-state index contributed by atoms with van der Waals surface area (Å²) >= 11 is 6.07. The van der Waals surface area contributed by atoms with Crippen LogP contribution in [0.5, 0.6) is 0 Å². The fourth-order valence-electron chi connectivity index (χ4n) is 4.78. The van der Waals surface area contributed by atoms with Gasteiger partial charge in [-0.05, 0) is 67.0 Å². The van der Waals surface area contributed by atoms with Gasteiger partial charge in [0.1, 0.15) is 11.0 Å². The largest absolute Gasteiger partial charge is 0.306 e. The molecule has 5 rings (SSSR count). The van der Waals surface area contributed by atoms with Crippen molar-refractivity contribution in [2.24, 2.45) is 0 Å². The third-order valence-corrected chi connectivity index (χ3v) is 7.11. The molecule has 0 amide bonds. The van der Waals surface area contributed by atoms with Crippen molar-refractivity contribution in [1.29, 1.82) is 0 Å². The Morgan fingerprint density at radius 2 is 1.70 bits per heavy atom. The molecule has 224 valence electrons. The van der Waals surface area contributed by atoms with Crippen LogP contribution in [0.3, 0.4) is 0 Å².